The number of carbonyl (C=O) groups is 1. The normalized spacial score (nSPS) is 8.29. The van der Waals surface area contributed by atoms with E-state index >= 15 is 0 Å². The Morgan fingerprint density at radius 3 is 1.71 bits per heavy atom. The number of carboxylic acids is 1. The molecule has 0 unspecified atom stereocenters. The second-order valence-corrected chi connectivity index (χ2v) is 2.17. The van der Waals surface area contributed by atoms with Crippen molar-refractivity contribution in [2.75, 3.05) is 0 Å². The summed E-state index contributed by atoms with van der Waals surface area (Å²) < 4.78 is 0. The number of phenols is 3. The molecule has 0 spiro atoms. The summed E-state index contributed by atoms with van der Waals surface area (Å²) in [4.78, 5) is 10.3. The van der Waals surface area contributed by atoms with Gasteiger partial charge in [-0.15, -0.1) is 0 Å². The van der Waals surface area contributed by atoms with Crippen molar-refractivity contribution >= 4 is 32.2 Å². The second-order valence-electron chi connectivity index (χ2n) is 2.17. The van der Waals surface area contributed by atoms with Gasteiger partial charge < -0.3 is 25.9 Å². The Kier molecular flexibility index (Phi) is 6.18. The van der Waals surface area contributed by atoms with Gasteiger partial charge in [-0.2, -0.15) is 0 Å². The summed E-state index contributed by atoms with van der Waals surface area (Å²) in [6.07, 6.45) is 0. The number of aromatic carboxylic acids is 1. The Balaban J connectivity index is 0. The average molecular weight is 400 g/mol. The van der Waals surface area contributed by atoms with Crippen LogP contribution < -0.4 is 0 Å². The van der Waals surface area contributed by atoms with Gasteiger partial charge in [-0.3, -0.25) is 0 Å². The Hall–Kier alpha value is -1.07. The average Bonchev–Trinajstić information content (AvgIpc) is 1.99. The van der Waals surface area contributed by atoms with Gasteiger partial charge in [0, 0.05) is 0 Å². The molecule has 0 atom stereocenters. The van der Waals surface area contributed by atoms with Crippen molar-refractivity contribution in [1.82, 2.24) is 0 Å². The first-order chi connectivity index (χ1) is 5.52. The van der Waals surface area contributed by atoms with Crippen molar-refractivity contribution < 1.29 is 30.7 Å². The summed E-state index contributed by atoms with van der Waals surface area (Å²) in [7, 11) is 0. The third-order valence-electron chi connectivity index (χ3n) is 1.32. The van der Waals surface area contributed by atoms with Crippen molar-refractivity contribution in [3.05, 3.63) is 17.7 Å². The molecule has 0 radical (unpaired) electrons. The number of rotatable bonds is 1. The molecular weight excluding hydrogens is 389 g/mol. The van der Waals surface area contributed by atoms with Crippen LogP contribution in [-0.4, -0.2) is 58.1 Å². The molecule has 0 aliphatic rings. The van der Waals surface area contributed by atoms with E-state index in [9.17, 15) is 4.79 Å². The predicted molar refractivity (Wildman–Crippen MR) is 51.9 cm³/mol. The minimum absolute atomic E-state index is 0. The third kappa shape index (κ3) is 3.01. The zero-order valence-electron chi connectivity index (χ0n) is 7.06. The molecule has 0 aliphatic carbocycles. The first kappa shape index (κ1) is 15.4. The summed E-state index contributed by atoms with van der Waals surface area (Å²) in [5.74, 6) is -3.33. The number of phenolic OH excluding ortho intramolecular Hbond substituents is 3. The third-order valence-corrected chi connectivity index (χ3v) is 1.32. The van der Waals surface area contributed by atoms with E-state index in [1.165, 1.54) is 0 Å². The first-order valence-electron chi connectivity index (χ1n) is 3.00. The van der Waals surface area contributed by atoms with Gasteiger partial charge in [0.2, 0.25) is 0 Å². The maximum atomic E-state index is 10.3. The van der Waals surface area contributed by atoms with Gasteiger partial charge >= 0.3 is 32.2 Å². The van der Waals surface area contributed by atoms with Crippen LogP contribution in [0.15, 0.2) is 12.1 Å². The molecule has 6 nitrogen and oxygen atoms in total. The van der Waals surface area contributed by atoms with Crippen LogP contribution in [0.3, 0.4) is 0 Å². The fraction of sp³-hybridized carbons (Fsp3) is 0. The van der Waals surface area contributed by atoms with E-state index in [2.05, 4.69) is 0 Å². The molecule has 7 heteroatoms. The summed E-state index contributed by atoms with van der Waals surface area (Å²) in [6.45, 7) is 0. The minimum atomic E-state index is -1.29. The van der Waals surface area contributed by atoms with Gasteiger partial charge in [0.15, 0.2) is 17.2 Å². The van der Waals surface area contributed by atoms with Crippen molar-refractivity contribution in [3.63, 3.8) is 0 Å². The summed E-state index contributed by atoms with van der Waals surface area (Å²) in [5.41, 5.74) is -0.289. The zero-order valence-corrected chi connectivity index (χ0v) is 12.6. The van der Waals surface area contributed by atoms with Crippen LogP contribution in [-0.2, 0) is 0 Å². The number of aromatic hydroxyl groups is 3. The van der Waals surface area contributed by atoms with E-state index in [1.54, 1.807) is 0 Å². The van der Waals surface area contributed by atoms with E-state index in [-0.39, 0.29) is 37.2 Å². The molecule has 1 aromatic rings. The monoisotopic (exact) mass is 400 g/mol. The van der Waals surface area contributed by atoms with Gasteiger partial charge in [0.05, 0.1) is 5.56 Å². The van der Waals surface area contributed by atoms with Crippen LogP contribution in [0.2, 0.25) is 0 Å². The Morgan fingerprint density at radius 1 is 1.07 bits per heavy atom. The molecule has 0 fully saturated rings. The number of benzene rings is 1. The van der Waals surface area contributed by atoms with Crippen molar-refractivity contribution in [3.8, 4) is 17.2 Å². The maximum absolute atomic E-state index is 10.3. The molecule has 1 aromatic carbocycles. The van der Waals surface area contributed by atoms with Crippen LogP contribution in [0.4, 0.5) is 0 Å². The molecule has 0 bridgehead atoms. The Morgan fingerprint density at radius 2 is 1.43 bits per heavy atom. The summed E-state index contributed by atoms with van der Waals surface area (Å²) >= 11 is 0. The SMILES string of the molecule is O.O=C(O)c1cc(O)c(O)c(O)c1.[BiH3]. The molecule has 6 N–H and O–H groups in total. The van der Waals surface area contributed by atoms with Crippen molar-refractivity contribution in [2.45, 2.75) is 0 Å². The number of carboxylic acid groups (broad SMARTS) is 1. The zero-order chi connectivity index (χ0) is 9.30. The Labute approximate surface area is 97.9 Å². The molecule has 0 saturated heterocycles. The van der Waals surface area contributed by atoms with Gasteiger partial charge in [0.25, 0.3) is 0 Å². The predicted octanol–water partition coefficient (Wildman–Crippen LogP) is -1.51. The van der Waals surface area contributed by atoms with Gasteiger partial charge in [-0.1, -0.05) is 0 Å². The van der Waals surface area contributed by atoms with Gasteiger partial charge in [0.1, 0.15) is 0 Å². The quantitative estimate of drug-likeness (QED) is 0.337. The molecule has 0 aromatic heterocycles. The van der Waals surface area contributed by atoms with Gasteiger partial charge in [-0.25, -0.2) is 4.79 Å². The van der Waals surface area contributed by atoms with Crippen molar-refractivity contribution in [2.24, 2.45) is 0 Å². The van der Waals surface area contributed by atoms with Gasteiger partial charge in [-0.05, 0) is 12.1 Å². The Bertz CT molecular complexity index is 314. The molecule has 0 heterocycles. The van der Waals surface area contributed by atoms with E-state index in [4.69, 9.17) is 20.4 Å². The molecule has 0 amide bonds. The topological polar surface area (TPSA) is 129 Å². The van der Waals surface area contributed by atoms with E-state index < -0.39 is 23.2 Å². The van der Waals surface area contributed by atoms with E-state index in [1.807, 2.05) is 0 Å². The first-order valence-corrected chi connectivity index (χ1v) is 3.00. The molecular formula is C7H11BiO6. The number of hydrogen-bond donors (Lipinski definition) is 4. The summed E-state index contributed by atoms with van der Waals surface area (Å²) in [6, 6.07) is 1.69. The molecule has 1 rings (SSSR count). The summed E-state index contributed by atoms with van der Waals surface area (Å²) in [5, 5.41) is 35.0. The number of hydrogen-bond acceptors (Lipinski definition) is 4. The molecule has 0 aliphatic heterocycles. The van der Waals surface area contributed by atoms with Crippen LogP contribution in [0.25, 0.3) is 0 Å². The fourth-order valence-corrected chi connectivity index (χ4v) is 0.728. The van der Waals surface area contributed by atoms with Crippen LogP contribution in [0.1, 0.15) is 10.4 Å². The van der Waals surface area contributed by atoms with Crippen LogP contribution in [0, 0.1) is 0 Å². The molecule has 80 valence electrons. The van der Waals surface area contributed by atoms with Crippen LogP contribution in [0.5, 0.6) is 17.2 Å². The molecule has 14 heavy (non-hydrogen) atoms. The standard InChI is InChI=1S/C7H6O5.Bi.H2O.3H/c8-4-1-3(7(11)12)2-5(9)6(4)10;;;;;/h1-2,8-10H,(H,11,12);;1H2;;;. The van der Waals surface area contributed by atoms with Crippen molar-refractivity contribution in [1.29, 1.82) is 0 Å². The second kappa shape index (κ2) is 5.62. The van der Waals surface area contributed by atoms with E-state index in [0.717, 1.165) is 12.1 Å². The van der Waals surface area contributed by atoms with Crippen LogP contribution >= 0.6 is 0 Å². The molecule has 0 saturated carbocycles. The fourth-order valence-electron chi connectivity index (χ4n) is 0.728. The van der Waals surface area contributed by atoms with E-state index in [0.29, 0.717) is 0 Å².